The third-order valence-electron chi connectivity index (χ3n) is 3.49. The summed E-state index contributed by atoms with van der Waals surface area (Å²) in [5.74, 6) is 0.998. The Morgan fingerprint density at radius 3 is 2.96 bits per heavy atom. The highest BCUT2D eigenvalue weighted by Gasteiger charge is 2.14. The summed E-state index contributed by atoms with van der Waals surface area (Å²) >= 11 is 2.21. The summed E-state index contributed by atoms with van der Waals surface area (Å²) in [5, 5.41) is 17.4. The Bertz CT molecular complexity index is 849. The number of fused-ring (bicyclic) bond motifs is 1. The van der Waals surface area contributed by atoms with Gasteiger partial charge in [-0.15, -0.1) is 0 Å². The normalized spacial score (nSPS) is 11.2. The highest BCUT2D eigenvalue weighted by Crippen LogP contribution is 2.30. The van der Waals surface area contributed by atoms with Crippen molar-refractivity contribution in [3.63, 3.8) is 0 Å². The number of aliphatic hydroxyl groups excluding tert-OH is 1. The summed E-state index contributed by atoms with van der Waals surface area (Å²) < 4.78 is 9.34. The lowest BCUT2D eigenvalue weighted by atomic mass is 10.4. The van der Waals surface area contributed by atoms with Crippen LogP contribution in [0.2, 0.25) is 0 Å². The minimum Gasteiger partial charge on any atom is -0.477 e. The first-order valence-electron chi connectivity index (χ1n) is 7.39. The first kappa shape index (κ1) is 17.3. The van der Waals surface area contributed by atoms with Crippen molar-refractivity contribution >= 4 is 53.0 Å². The van der Waals surface area contributed by atoms with E-state index in [-0.39, 0.29) is 6.61 Å². The molecular weight excluding hydrogens is 443 g/mol. The number of hydrogen-bond donors (Lipinski definition) is 2. The van der Waals surface area contributed by atoms with Crippen molar-refractivity contribution in [3.05, 3.63) is 24.2 Å². The van der Waals surface area contributed by atoms with Crippen molar-refractivity contribution in [2.24, 2.45) is 0 Å². The Hall–Kier alpha value is -1.53. The summed E-state index contributed by atoms with van der Waals surface area (Å²) in [7, 11) is 1.53. The standard InChI is InChI=1S/C14H17IN6O2S/c1-3-23-13-10-4-5-21(24-15)12(10)18-14(19-13)17-11-8-16-20(6-7-22)9(11)2/h4-5,8,22H,3,6-7H2,1-2H3,(H,17,18,19). The number of aliphatic hydroxyl groups is 1. The van der Waals surface area contributed by atoms with Crippen LogP contribution in [0.15, 0.2) is 18.5 Å². The van der Waals surface area contributed by atoms with Gasteiger partial charge in [0.05, 0.1) is 42.7 Å². The molecule has 3 aromatic heterocycles. The molecule has 128 valence electrons. The van der Waals surface area contributed by atoms with Crippen molar-refractivity contribution in [2.75, 3.05) is 18.5 Å². The fraction of sp³-hybridized carbons (Fsp3) is 0.357. The van der Waals surface area contributed by atoms with Gasteiger partial charge in [-0.1, -0.05) is 0 Å². The fourth-order valence-electron chi connectivity index (χ4n) is 2.33. The predicted molar refractivity (Wildman–Crippen MR) is 103 cm³/mol. The molecule has 3 rings (SSSR count). The average molecular weight is 460 g/mol. The second kappa shape index (κ2) is 7.57. The molecule has 0 aromatic carbocycles. The van der Waals surface area contributed by atoms with Crippen LogP contribution in [-0.2, 0) is 6.54 Å². The van der Waals surface area contributed by atoms with Crippen LogP contribution in [0.3, 0.4) is 0 Å². The maximum absolute atomic E-state index is 9.06. The first-order valence-corrected chi connectivity index (χ1v) is 10.7. The maximum Gasteiger partial charge on any atom is 0.232 e. The summed E-state index contributed by atoms with van der Waals surface area (Å²) in [5.41, 5.74) is 2.49. The number of nitrogens with zero attached hydrogens (tertiary/aromatic N) is 5. The molecule has 0 aliphatic rings. The van der Waals surface area contributed by atoms with E-state index >= 15 is 0 Å². The zero-order valence-electron chi connectivity index (χ0n) is 13.2. The molecule has 24 heavy (non-hydrogen) atoms. The molecular formula is C14H17IN6O2S. The van der Waals surface area contributed by atoms with Gasteiger partial charge >= 0.3 is 0 Å². The van der Waals surface area contributed by atoms with Crippen LogP contribution in [0.1, 0.15) is 12.6 Å². The zero-order valence-corrected chi connectivity index (χ0v) is 16.2. The van der Waals surface area contributed by atoms with Gasteiger partial charge in [-0.05, 0) is 19.9 Å². The van der Waals surface area contributed by atoms with Gasteiger partial charge in [0.1, 0.15) is 0 Å². The lowest BCUT2D eigenvalue weighted by Crippen LogP contribution is -2.06. The van der Waals surface area contributed by atoms with E-state index in [1.807, 2.05) is 30.1 Å². The summed E-state index contributed by atoms with van der Waals surface area (Å²) in [6.45, 7) is 4.87. The van der Waals surface area contributed by atoms with Crippen LogP contribution < -0.4 is 10.1 Å². The van der Waals surface area contributed by atoms with Crippen molar-refractivity contribution < 1.29 is 9.84 Å². The monoisotopic (exact) mass is 460 g/mol. The van der Waals surface area contributed by atoms with Crippen LogP contribution in [0.25, 0.3) is 11.0 Å². The molecule has 0 amide bonds. The fourth-order valence-corrected chi connectivity index (χ4v) is 3.60. The minimum absolute atomic E-state index is 0.0410. The molecule has 0 aliphatic carbocycles. The van der Waals surface area contributed by atoms with Gasteiger partial charge in [-0.2, -0.15) is 15.1 Å². The first-order chi connectivity index (χ1) is 11.7. The van der Waals surface area contributed by atoms with Crippen molar-refractivity contribution in [2.45, 2.75) is 20.4 Å². The average Bonchev–Trinajstić information content (AvgIpc) is 3.14. The van der Waals surface area contributed by atoms with Crippen LogP contribution in [-0.4, -0.2) is 42.0 Å². The van der Waals surface area contributed by atoms with E-state index < -0.39 is 0 Å². The number of aromatic nitrogens is 5. The van der Waals surface area contributed by atoms with Crippen LogP contribution in [0, 0.1) is 6.92 Å². The van der Waals surface area contributed by atoms with Gasteiger partial charge in [0.15, 0.2) is 5.65 Å². The van der Waals surface area contributed by atoms with E-state index in [0.29, 0.717) is 25.0 Å². The number of rotatable bonds is 7. The molecule has 0 fully saturated rings. The van der Waals surface area contributed by atoms with Gasteiger partial charge in [0.2, 0.25) is 11.8 Å². The zero-order chi connectivity index (χ0) is 17.1. The topological polar surface area (TPSA) is 90.0 Å². The number of halogens is 1. The minimum atomic E-state index is 0.0410. The summed E-state index contributed by atoms with van der Waals surface area (Å²) in [6.07, 6.45) is 3.64. The maximum atomic E-state index is 9.06. The Morgan fingerprint density at radius 1 is 1.42 bits per heavy atom. The Balaban J connectivity index is 1.99. The molecule has 0 saturated carbocycles. The Labute approximate surface area is 155 Å². The second-order valence-corrected chi connectivity index (χ2v) is 6.66. The van der Waals surface area contributed by atoms with E-state index in [2.05, 4.69) is 41.6 Å². The number of anilines is 2. The van der Waals surface area contributed by atoms with E-state index in [0.717, 1.165) is 22.4 Å². The van der Waals surface area contributed by atoms with Gasteiger partial charge in [-0.3, -0.25) is 8.65 Å². The predicted octanol–water partition coefficient (Wildman–Crippen LogP) is 2.92. The Morgan fingerprint density at radius 2 is 2.25 bits per heavy atom. The van der Waals surface area contributed by atoms with Gasteiger partial charge < -0.3 is 15.2 Å². The number of hydrogen-bond acceptors (Lipinski definition) is 7. The molecule has 0 unspecified atom stereocenters. The third-order valence-corrected chi connectivity index (χ3v) is 5.21. The lowest BCUT2D eigenvalue weighted by molar-refractivity contribution is 0.268. The molecule has 3 aromatic rings. The molecule has 0 saturated heterocycles. The molecule has 0 atom stereocenters. The molecule has 0 bridgehead atoms. The number of nitrogens with one attached hydrogen (secondary N) is 1. The lowest BCUT2D eigenvalue weighted by Gasteiger charge is -2.09. The van der Waals surface area contributed by atoms with Crippen LogP contribution in [0.4, 0.5) is 11.6 Å². The van der Waals surface area contributed by atoms with Gasteiger partial charge in [0, 0.05) is 36.5 Å². The van der Waals surface area contributed by atoms with Crippen molar-refractivity contribution in [1.29, 1.82) is 0 Å². The highest BCUT2D eigenvalue weighted by atomic mass is 127. The second-order valence-electron chi connectivity index (χ2n) is 4.95. The van der Waals surface area contributed by atoms with Crippen LogP contribution in [0.5, 0.6) is 5.88 Å². The molecule has 10 heteroatoms. The third kappa shape index (κ3) is 3.30. The SMILES string of the molecule is CCOc1nc(Nc2cnn(CCO)c2C)nc2c1ccn2SI. The van der Waals surface area contributed by atoms with E-state index in [1.54, 1.807) is 10.9 Å². The molecule has 2 N–H and O–H groups in total. The quantitative estimate of drug-likeness (QED) is 0.524. The molecule has 0 radical (unpaired) electrons. The smallest absolute Gasteiger partial charge is 0.232 e. The van der Waals surface area contributed by atoms with E-state index in [4.69, 9.17) is 9.84 Å². The molecule has 0 spiro atoms. The van der Waals surface area contributed by atoms with E-state index in [9.17, 15) is 0 Å². The summed E-state index contributed by atoms with van der Waals surface area (Å²) in [4.78, 5) is 9.06. The molecule has 3 heterocycles. The van der Waals surface area contributed by atoms with Gasteiger partial charge in [0.25, 0.3) is 0 Å². The highest BCUT2D eigenvalue weighted by molar-refractivity contribution is 14.2. The van der Waals surface area contributed by atoms with Crippen molar-refractivity contribution in [3.8, 4) is 5.88 Å². The molecule has 0 aliphatic heterocycles. The Kier molecular flexibility index (Phi) is 5.46. The molecule has 8 nitrogen and oxygen atoms in total. The van der Waals surface area contributed by atoms with E-state index in [1.165, 1.54) is 9.12 Å². The number of ether oxygens (including phenoxy) is 1. The van der Waals surface area contributed by atoms with Crippen molar-refractivity contribution in [1.82, 2.24) is 23.7 Å². The summed E-state index contributed by atoms with van der Waals surface area (Å²) in [6, 6.07) is 1.94. The largest absolute Gasteiger partial charge is 0.477 e. The van der Waals surface area contributed by atoms with Gasteiger partial charge in [-0.25, -0.2) is 0 Å². The van der Waals surface area contributed by atoms with Crippen LogP contribution >= 0.6 is 30.3 Å².